The monoisotopic (exact) mass is 309 g/mol. The van der Waals surface area contributed by atoms with Crippen molar-refractivity contribution in [1.82, 2.24) is 5.32 Å². The molecule has 0 saturated heterocycles. The summed E-state index contributed by atoms with van der Waals surface area (Å²) >= 11 is 0. The fourth-order valence-electron chi connectivity index (χ4n) is 3.77. The lowest BCUT2D eigenvalue weighted by molar-refractivity contribution is 0.319. The summed E-state index contributed by atoms with van der Waals surface area (Å²) in [5, 5.41) is 13.2. The fourth-order valence-corrected chi connectivity index (χ4v) is 3.77. The van der Waals surface area contributed by atoms with Crippen molar-refractivity contribution in [3.8, 4) is 5.75 Å². The Hall–Kier alpha value is -1.80. The number of aromatic hydroxyl groups is 1. The molecule has 1 fully saturated rings. The third-order valence-corrected chi connectivity index (χ3v) is 5.00. The number of hydrogen-bond acceptors (Lipinski definition) is 2. The largest absolute Gasteiger partial charge is 0.508 e. The van der Waals surface area contributed by atoms with E-state index in [0.29, 0.717) is 23.8 Å². The van der Waals surface area contributed by atoms with Crippen LogP contribution in [0.5, 0.6) is 5.75 Å². The Kier molecular flexibility index (Phi) is 5.35. The van der Waals surface area contributed by atoms with Gasteiger partial charge in [0.05, 0.1) is 0 Å². The zero-order chi connectivity index (χ0) is 16.1. The Morgan fingerprint density at radius 3 is 2.26 bits per heavy atom. The minimum Gasteiger partial charge on any atom is -0.508 e. The molecule has 0 unspecified atom stereocenters. The van der Waals surface area contributed by atoms with Crippen LogP contribution in [0, 0.1) is 0 Å². The zero-order valence-corrected chi connectivity index (χ0v) is 13.9. The van der Waals surface area contributed by atoms with Crippen molar-refractivity contribution in [3.05, 3.63) is 65.7 Å². The van der Waals surface area contributed by atoms with Crippen LogP contribution in [0.2, 0.25) is 0 Å². The zero-order valence-electron chi connectivity index (χ0n) is 13.9. The normalized spacial score (nSPS) is 22.7. The third kappa shape index (κ3) is 4.59. The van der Waals surface area contributed by atoms with Gasteiger partial charge in [-0.1, -0.05) is 42.5 Å². The Morgan fingerprint density at radius 2 is 1.61 bits per heavy atom. The summed E-state index contributed by atoms with van der Waals surface area (Å²) in [5.41, 5.74) is 2.78. The lowest BCUT2D eigenvalue weighted by atomic mass is 9.81. The maximum Gasteiger partial charge on any atom is 0.115 e. The molecule has 0 bridgehead atoms. The summed E-state index contributed by atoms with van der Waals surface area (Å²) in [6, 6.07) is 19.7. The van der Waals surface area contributed by atoms with Crippen molar-refractivity contribution in [2.24, 2.45) is 0 Å². The Labute approximate surface area is 139 Å². The van der Waals surface area contributed by atoms with Gasteiger partial charge in [0.1, 0.15) is 5.75 Å². The van der Waals surface area contributed by atoms with Gasteiger partial charge in [0.15, 0.2) is 0 Å². The molecule has 1 aliphatic carbocycles. The first-order valence-electron chi connectivity index (χ1n) is 8.79. The number of rotatable bonds is 5. The molecular formula is C21H27NO. The lowest BCUT2D eigenvalue weighted by Gasteiger charge is -2.31. The summed E-state index contributed by atoms with van der Waals surface area (Å²) in [4.78, 5) is 0. The molecule has 0 amide bonds. The van der Waals surface area contributed by atoms with E-state index >= 15 is 0 Å². The Morgan fingerprint density at radius 1 is 0.957 bits per heavy atom. The van der Waals surface area contributed by atoms with Gasteiger partial charge in [-0.3, -0.25) is 0 Å². The average molecular weight is 309 g/mol. The molecule has 0 aromatic heterocycles. The predicted molar refractivity (Wildman–Crippen MR) is 95.8 cm³/mol. The van der Waals surface area contributed by atoms with Crippen molar-refractivity contribution in [1.29, 1.82) is 0 Å². The molecule has 2 nitrogen and oxygen atoms in total. The van der Waals surface area contributed by atoms with Gasteiger partial charge in [0.25, 0.3) is 0 Å². The number of benzene rings is 2. The first-order chi connectivity index (χ1) is 11.2. The molecule has 1 aliphatic rings. The van der Waals surface area contributed by atoms with Gasteiger partial charge in [-0.15, -0.1) is 0 Å². The van der Waals surface area contributed by atoms with Crippen molar-refractivity contribution in [2.45, 2.75) is 57.0 Å². The second kappa shape index (κ2) is 7.65. The summed E-state index contributed by atoms with van der Waals surface area (Å²) in [7, 11) is 0. The maximum absolute atomic E-state index is 9.41. The average Bonchev–Trinajstić information content (AvgIpc) is 2.57. The van der Waals surface area contributed by atoms with Crippen molar-refractivity contribution in [3.63, 3.8) is 0 Å². The van der Waals surface area contributed by atoms with Gasteiger partial charge >= 0.3 is 0 Å². The molecule has 0 heterocycles. The minimum absolute atomic E-state index is 0.360. The molecule has 122 valence electrons. The number of hydrogen-bond donors (Lipinski definition) is 2. The van der Waals surface area contributed by atoms with E-state index in [0.717, 1.165) is 6.42 Å². The van der Waals surface area contributed by atoms with Gasteiger partial charge in [0.2, 0.25) is 0 Å². The molecule has 2 aromatic carbocycles. The molecule has 2 aromatic rings. The highest BCUT2D eigenvalue weighted by Gasteiger charge is 2.23. The van der Waals surface area contributed by atoms with E-state index in [1.807, 2.05) is 12.1 Å². The summed E-state index contributed by atoms with van der Waals surface area (Å²) in [5.74, 6) is 1.01. The SMILES string of the molecule is C[C@@H](Cc1ccccc1)N[C@H]1CC[C@H](c2ccc(O)cc2)CC1. The van der Waals surface area contributed by atoms with Crippen molar-refractivity contribution >= 4 is 0 Å². The first kappa shape index (κ1) is 16.1. The topological polar surface area (TPSA) is 32.3 Å². The van der Waals surface area contributed by atoms with Gasteiger partial charge in [-0.25, -0.2) is 0 Å². The van der Waals surface area contributed by atoms with E-state index in [2.05, 4.69) is 54.7 Å². The van der Waals surface area contributed by atoms with Gasteiger partial charge in [0, 0.05) is 12.1 Å². The fraction of sp³-hybridized carbons (Fsp3) is 0.429. The molecule has 2 N–H and O–H groups in total. The number of phenolic OH excluding ortho intramolecular Hbond substituents is 1. The van der Waals surface area contributed by atoms with E-state index in [9.17, 15) is 5.11 Å². The van der Waals surface area contributed by atoms with Crippen LogP contribution in [0.25, 0.3) is 0 Å². The van der Waals surface area contributed by atoms with E-state index in [1.165, 1.54) is 36.8 Å². The minimum atomic E-state index is 0.360. The highest BCUT2D eigenvalue weighted by Crippen LogP contribution is 2.33. The second-order valence-corrected chi connectivity index (χ2v) is 6.90. The predicted octanol–water partition coefficient (Wildman–Crippen LogP) is 4.64. The van der Waals surface area contributed by atoms with Crippen LogP contribution >= 0.6 is 0 Å². The van der Waals surface area contributed by atoms with E-state index < -0.39 is 0 Å². The van der Waals surface area contributed by atoms with E-state index in [4.69, 9.17) is 0 Å². The second-order valence-electron chi connectivity index (χ2n) is 6.90. The summed E-state index contributed by atoms with van der Waals surface area (Å²) in [6.45, 7) is 2.29. The molecule has 2 heteroatoms. The first-order valence-corrected chi connectivity index (χ1v) is 8.79. The Balaban J connectivity index is 1.46. The lowest BCUT2D eigenvalue weighted by Crippen LogP contribution is -2.39. The van der Waals surface area contributed by atoms with E-state index in [1.54, 1.807) is 0 Å². The maximum atomic E-state index is 9.41. The van der Waals surface area contributed by atoms with Crippen LogP contribution in [-0.4, -0.2) is 17.2 Å². The molecule has 1 saturated carbocycles. The van der Waals surface area contributed by atoms with Crippen molar-refractivity contribution in [2.75, 3.05) is 0 Å². The molecular weight excluding hydrogens is 282 g/mol. The third-order valence-electron chi connectivity index (χ3n) is 5.00. The van der Waals surface area contributed by atoms with Crippen LogP contribution in [0.4, 0.5) is 0 Å². The van der Waals surface area contributed by atoms with Crippen LogP contribution < -0.4 is 5.32 Å². The van der Waals surface area contributed by atoms with Crippen LogP contribution in [-0.2, 0) is 6.42 Å². The summed E-state index contributed by atoms with van der Waals surface area (Å²) in [6.07, 6.45) is 6.05. The van der Waals surface area contributed by atoms with Gasteiger partial charge < -0.3 is 10.4 Å². The van der Waals surface area contributed by atoms with Gasteiger partial charge in [-0.2, -0.15) is 0 Å². The van der Waals surface area contributed by atoms with Crippen LogP contribution in [0.1, 0.15) is 49.7 Å². The number of phenols is 1. The Bertz CT molecular complexity index is 585. The quantitative estimate of drug-likeness (QED) is 0.843. The summed E-state index contributed by atoms with van der Waals surface area (Å²) < 4.78 is 0. The molecule has 23 heavy (non-hydrogen) atoms. The molecule has 3 rings (SSSR count). The van der Waals surface area contributed by atoms with E-state index in [-0.39, 0.29) is 0 Å². The standard InChI is InChI=1S/C21H27NO/c1-16(15-17-5-3-2-4-6-17)22-20-11-7-18(8-12-20)19-9-13-21(23)14-10-19/h2-6,9-10,13-14,16,18,20,22-23H,7-8,11-12,15H2,1H3/t16-,18-,20-/m0/s1. The van der Waals surface area contributed by atoms with Crippen molar-refractivity contribution < 1.29 is 5.11 Å². The van der Waals surface area contributed by atoms with Crippen LogP contribution in [0.15, 0.2) is 54.6 Å². The molecule has 0 radical (unpaired) electrons. The molecule has 0 aliphatic heterocycles. The van der Waals surface area contributed by atoms with Gasteiger partial charge in [-0.05, 0) is 68.2 Å². The smallest absolute Gasteiger partial charge is 0.115 e. The number of nitrogens with one attached hydrogen (secondary N) is 1. The molecule has 1 atom stereocenters. The highest BCUT2D eigenvalue weighted by atomic mass is 16.3. The highest BCUT2D eigenvalue weighted by molar-refractivity contribution is 5.28. The molecule has 0 spiro atoms. The van der Waals surface area contributed by atoms with Crippen LogP contribution in [0.3, 0.4) is 0 Å².